The zero-order valence-corrected chi connectivity index (χ0v) is 11.7. The Hall–Kier alpha value is -1.94. The summed E-state index contributed by atoms with van der Waals surface area (Å²) in [5.41, 5.74) is 2.01. The Balaban J connectivity index is 1.99. The molecule has 0 amide bonds. The third-order valence-corrected chi connectivity index (χ3v) is 3.36. The van der Waals surface area contributed by atoms with Crippen molar-refractivity contribution in [3.63, 3.8) is 0 Å². The lowest BCUT2D eigenvalue weighted by molar-refractivity contribution is -0.138. The highest BCUT2D eigenvalue weighted by Gasteiger charge is 2.06. The van der Waals surface area contributed by atoms with E-state index in [1.807, 2.05) is 44.2 Å². The molecule has 0 bridgehead atoms. The van der Waals surface area contributed by atoms with Crippen LogP contribution in [0.4, 0.5) is 0 Å². The molecule has 19 heavy (non-hydrogen) atoms. The molecule has 0 N–H and O–H groups in total. The molecule has 0 fully saturated rings. The highest BCUT2D eigenvalue weighted by atomic mass is 32.1. The second-order valence-electron chi connectivity index (χ2n) is 4.33. The monoisotopic (exact) mass is 273 g/mol. The summed E-state index contributed by atoms with van der Waals surface area (Å²) >= 11 is 1.54. The largest absolute Gasteiger partial charge is 0.457 e. The number of thiazole rings is 1. The Morgan fingerprint density at radius 2 is 2.05 bits per heavy atom. The number of benzene rings is 1. The fourth-order valence-electron chi connectivity index (χ4n) is 1.51. The maximum atomic E-state index is 11.4. The summed E-state index contributed by atoms with van der Waals surface area (Å²) in [6, 6.07) is 9.95. The van der Waals surface area contributed by atoms with Crippen molar-refractivity contribution >= 4 is 17.3 Å². The number of rotatable bonds is 4. The van der Waals surface area contributed by atoms with Crippen molar-refractivity contribution in [1.29, 1.82) is 0 Å². The molecule has 1 aromatic heterocycles. The summed E-state index contributed by atoms with van der Waals surface area (Å²) in [6.45, 7) is 4.00. The summed E-state index contributed by atoms with van der Waals surface area (Å²) in [4.78, 5) is 16.7. The Kier molecular flexibility index (Phi) is 4.47. The first kappa shape index (κ1) is 13.5. The van der Waals surface area contributed by atoms with E-state index in [1.165, 1.54) is 17.4 Å². The Labute approximate surface area is 116 Å². The predicted octanol–water partition coefficient (Wildman–Crippen LogP) is 3.82. The molecule has 4 heteroatoms. The minimum atomic E-state index is -0.310. The standard InChI is InChI=1S/C15H15NO2S/c1-11(2)8-14(17)18-10-13-9-16-15(19-13)12-6-4-3-5-7-12/h3-9H,10H2,1-2H3. The zero-order chi connectivity index (χ0) is 13.7. The Morgan fingerprint density at radius 3 is 2.74 bits per heavy atom. The predicted molar refractivity (Wildman–Crippen MR) is 76.8 cm³/mol. The molecule has 0 unspecified atom stereocenters. The number of esters is 1. The third kappa shape index (κ3) is 4.03. The molecule has 2 aromatic rings. The van der Waals surface area contributed by atoms with E-state index in [-0.39, 0.29) is 12.6 Å². The average molecular weight is 273 g/mol. The first-order valence-corrected chi connectivity index (χ1v) is 6.78. The minimum absolute atomic E-state index is 0.271. The molecule has 0 aliphatic rings. The summed E-state index contributed by atoms with van der Waals surface area (Å²) < 4.78 is 5.14. The fraction of sp³-hybridized carbons (Fsp3) is 0.200. The maximum absolute atomic E-state index is 11.4. The van der Waals surface area contributed by atoms with Gasteiger partial charge in [-0.3, -0.25) is 0 Å². The van der Waals surface area contributed by atoms with Gasteiger partial charge in [0, 0.05) is 17.8 Å². The molecule has 3 nitrogen and oxygen atoms in total. The molecule has 1 aromatic carbocycles. The van der Waals surface area contributed by atoms with Crippen LogP contribution in [0, 0.1) is 0 Å². The Bertz CT molecular complexity index is 583. The quantitative estimate of drug-likeness (QED) is 0.628. The van der Waals surface area contributed by atoms with Crippen molar-refractivity contribution in [3.8, 4) is 10.6 Å². The number of ether oxygens (including phenoxy) is 1. The van der Waals surface area contributed by atoms with Crippen LogP contribution in [0.5, 0.6) is 0 Å². The van der Waals surface area contributed by atoms with Crippen molar-refractivity contribution in [2.75, 3.05) is 0 Å². The lowest BCUT2D eigenvalue weighted by atomic mass is 10.2. The van der Waals surface area contributed by atoms with Crippen molar-refractivity contribution in [2.45, 2.75) is 20.5 Å². The normalized spacial score (nSPS) is 10.0. The number of nitrogens with zero attached hydrogens (tertiary/aromatic N) is 1. The SMILES string of the molecule is CC(C)=CC(=O)OCc1cnc(-c2ccccc2)s1. The van der Waals surface area contributed by atoms with Gasteiger partial charge in [-0.25, -0.2) is 9.78 Å². The van der Waals surface area contributed by atoms with E-state index in [9.17, 15) is 4.79 Å². The average Bonchev–Trinajstić information content (AvgIpc) is 2.85. The van der Waals surface area contributed by atoms with Crippen LogP contribution in [0.1, 0.15) is 18.7 Å². The summed E-state index contributed by atoms with van der Waals surface area (Å²) in [5, 5.41) is 0.939. The molecular weight excluding hydrogens is 258 g/mol. The number of allylic oxidation sites excluding steroid dienone is 1. The molecular formula is C15H15NO2S. The molecule has 1 heterocycles. The molecule has 0 saturated heterocycles. The van der Waals surface area contributed by atoms with Gasteiger partial charge in [0.25, 0.3) is 0 Å². The van der Waals surface area contributed by atoms with Crippen molar-refractivity contribution < 1.29 is 9.53 Å². The van der Waals surface area contributed by atoms with Gasteiger partial charge in [0.15, 0.2) is 0 Å². The highest BCUT2D eigenvalue weighted by molar-refractivity contribution is 7.15. The molecule has 0 saturated carbocycles. The third-order valence-electron chi connectivity index (χ3n) is 2.34. The molecule has 0 spiro atoms. The van der Waals surface area contributed by atoms with Gasteiger partial charge in [0.05, 0.1) is 4.88 Å². The summed E-state index contributed by atoms with van der Waals surface area (Å²) in [6.07, 6.45) is 3.24. The molecule has 0 aliphatic heterocycles. The van der Waals surface area contributed by atoms with Gasteiger partial charge in [-0.2, -0.15) is 0 Å². The van der Waals surface area contributed by atoms with Crippen LogP contribution >= 0.6 is 11.3 Å². The number of hydrogen-bond acceptors (Lipinski definition) is 4. The molecule has 98 valence electrons. The van der Waals surface area contributed by atoms with Crippen LogP contribution in [-0.2, 0) is 16.1 Å². The van der Waals surface area contributed by atoms with Gasteiger partial charge in [0.2, 0.25) is 0 Å². The fourth-order valence-corrected chi connectivity index (χ4v) is 2.34. The van der Waals surface area contributed by atoms with Crippen LogP contribution < -0.4 is 0 Å². The van der Waals surface area contributed by atoms with Crippen LogP contribution in [-0.4, -0.2) is 11.0 Å². The lowest BCUT2D eigenvalue weighted by Crippen LogP contribution is -2.00. The van der Waals surface area contributed by atoms with Crippen LogP contribution in [0.3, 0.4) is 0 Å². The van der Waals surface area contributed by atoms with Gasteiger partial charge in [-0.15, -0.1) is 11.3 Å². The van der Waals surface area contributed by atoms with Crippen LogP contribution in [0.2, 0.25) is 0 Å². The first-order chi connectivity index (χ1) is 9.15. The number of carbonyl (C=O) groups excluding carboxylic acids is 1. The van der Waals surface area contributed by atoms with E-state index in [2.05, 4.69) is 4.98 Å². The van der Waals surface area contributed by atoms with Gasteiger partial charge in [-0.05, 0) is 13.8 Å². The first-order valence-electron chi connectivity index (χ1n) is 5.97. The second kappa shape index (κ2) is 6.29. The topological polar surface area (TPSA) is 39.2 Å². The van der Waals surface area contributed by atoms with E-state index in [0.717, 1.165) is 21.0 Å². The van der Waals surface area contributed by atoms with E-state index in [1.54, 1.807) is 6.20 Å². The van der Waals surface area contributed by atoms with Gasteiger partial charge < -0.3 is 4.74 Å². The van der Waals surface area contributed by atoms with Crippen molar-refractivity contribution in [1.82, 2.24) is 4.98 Å². The second-order valence-corrected chi connectivity index (χ2v) is 5.44. The number of hydrogen-bond donors (Lipinski definition) is 0. The van der Waals surface area contributed by atoms with Crippen LogP contribution in [0.15, 0.2) is 48.2 Å². The number of aromatic nitrogens is 1. The van der Waals surface area contributed by atoms with Crippen LogP contribution in [0.25, 0.3) is 10.6 Å². The molecule has 2 rings (SSSR count). The van der Waals surface area contributed by atoms with Gasteiger partial charge >= 0.3 is 5.97 Å². The molecule has 0 atom stereocenters. The highest BCUT2D eigenvalue weighted by Crippen LogP contribution is 2.25. The van der Waals surface area contributed by atoms with E-state index < -0.39 is 0 Å². The van der Waals surface area contributed by atoms with E-state index in [0.29, 0.717) is 0 Å². The molecule has 0 aliphatic carbocycles. The smallest absolute Gasteiger partial charge is 0.331 e. The number of carbonyl (C=O) groups is 1. The van der Waals surface area contributed by atoms with E-state index >= 15 is 0 Å². The summed E-state index contributed by atoms with van der Waals surface area (Å²) in [7, 11) is 0. The Morgan fingerprint density at radius 1 is 1.32 bits per heavy atom. The van der Waals surface area contributed by atoms with Gasteiger partial charge in [0.1, 0.15) is 11.6 Å². The van der Waals surface area contributed by atoms with Crippen molar-refractivity contribution in [3.05, 3.63) is 53.1 Å². The minimum Gasteiger partial charge on any atom is -0.457 e. The maximum Gasteiger partial charge on any atom is 0.331 e. The zero-order valence-electron chi connectivity index (χ0n) is 10.9. The lowest BCUT2D eigenvalue weighted by Gasteiger charge is -1.98. The van der Waals surface area contributed by atoms with E-state index in [4.69, 9.17) is 4.74 Å². The summed E-state index contributed by atoms with van der Waals surface area (Å²) in [5.74, 6) is -0.310. The molecule has 0 radical (unpaired) electrons. The van der Waals surface area contributed by atoms with Crippen molar-refractivity contribution in [2.24, 2.45) is 0 Å². The van der Waals surface area contributed by atoms with Gasteiger partial charge in [-0.1, -0.05) is 35.9 Å².